The monoisotopic (exact) mass is 249 g/mol. The molecule has 0 spiro atoms. The van der Waals surface area contributed by atoms with Crippen molar-refractivity contribution in [1.29, 1.82) is 0 Å². The van der Waals surface area contributed by atoms with E-state index in [4.69, 9.17) is 5.73 Å². The molecule has 2 atom stereocenters. The summed E-state index contributed by atoms with van der Waals surface area (Å²) in [6.07, 6.45) is 5.04. The molecule has 1 fully saturated rings. The van der Waals surface area contributed by atoms with Gasteiger partial charge < -0.3 is 15.6 Å². The van der Waals surface area contributed by atoms with E-state index in [-0.39, 0.29) is 22.9 Å². The summed E-state index contributed by atoms with van der Waals surface area (Å²) >= 11 is 0. The molecule has 2 heterocycles. The zero-order valence-electron chi connectivity index (χ0n) is 10.6. The maximum atomic E-state index is 12.4. The van der Waals surface area contributed by atoms with Crippen LogP contribution in [0, 0.1) is 5.92 Å². The van der Waals surface area contributed by atoms with Crippen LogP contribution in [-0.4, -0.2) is 34.9 Å². The zero-order valence-corrected chi connectivity index (χ0v) is 10.6. The van der Waals surface area contributed by atoms with Crippen LogP contribution in [0.3, 0.4) is 0 Å². The first-order valence-corrected chi connectivity index (χ1v) is 6.33. The van der Waals surface area contributed by atoms with Crippen LogP contribution in [0.5, 0.6) is 0 Å². The van der Waals surface area contributed by atoms with E-state index in [1.54, 1.807) is 4.90 Å². The largest absolute Gasteiger partial charge is 0.367 e. The van der Waals surface area contributed by atoms with Crippen molar-refractivity contribution in [2.75, 3.05) is 13.1 Å². The Balaban J connectivity index is 2.27. The summed E-state index contributed by atoms with van der Waals surface area (Å²) in [5, 5.41) is 0. The molecule has 2 unspecified atom stereocenters. The van der Waals surface area contributed by atoms with E-state index in [9.17, 15) is 9.59 Å². The highest BCUT2D eigenvalue weighted by Gasteiger charge is 2.32. The third-order valence-electron chi connectivity index (χ3n) is 3.67. The second kappa shape index (κ2) is 5.35. The van der Waals surface area contributed by atoms with E-state index >= 15 is 0 Å². The molecule has 1 aliphatic heterocycles. The van der Waals surface area contributed by atoms with Crippen LogP contribution in [0.15, 0.2) is 23.3 Å². The van der Waals surface area contributed by atoms with Gasteiger partial charge in [0.25, 0.3) is 5.91 Å². The third kappa shape index (κ3) is 2.31. The van der Waals surface area contributed by atoms with Crippen molar-refractivity contribution in [2.24, 2.45) is 11.7 Å². The van der Waals surface area contributed by atoms with Gasteiger partial charge in [0.05, 0.1) is 0 Å². The van der Waals surface area contributed by atoms with Crippen molar-refractivity contribution in [3.05, 3.63) is 34.2 Å². The fraction of sp³-hybridized carbons (Fsp3) is 0.538. The number of nitrogens with zero attached hydrogens (tertiary/aromatic N) is 1. The van der Waals surface area contributed by atoms with Crippen molar-refractivity contribution in [3.8, 4) is 0 Å². The summed E-state index contributed by atoms with van der Waals surface area (Å²) in [5.41, 5.74) is 5.71. The molecule has 3 N–H and O–H groups in total. The van der Waals surface area contributed by atoms with Gasteiger partial charge in [-0.2, -0.15) is 0 Å². The molecule has 18 heavy (non-hydrogen) atoms. The fourth-order valence-corrected chi connectivity index (χ4v) is 2.60. The molecule has 1 aliphatic rings. The Bertz CT molecular complexity index is 483. The summed E-state index contributed by atoms with van der Waals surface area (Å²) in [4.78, 5) is 28.6. The molecule has 1 saturated heterocycles. The van der Waals surface area contributed by atoms with E-state index in [0.717, 1.165) is 12.8 Å². The summed E-state index contributed by atoms with van der Waals surface area (Å²) < 4.78 is 0. The third-order valence-corrected chi connectivity index (χ3v) is 3.67. The lowest BCUT2D eigenvalue weighted by Crippen LogP contribution is -2.52. The van der Waals surface area contributed by atoms with Crippen LogP contribution < -0.4 is 11.2 Å². The number of pyridine rings is 1. The Labute approximate surface area is 106 Å². The van der Waals surface area contributed by atoms with Gasteiger partial charge in [0.1, 0.15) is 5.56 Å². The van der Waals surface area contributed by atoms with Gasteiger partial charge in [0.15, 0.2) is 5.43 Å². The Hall–Kier alpha value is -1.62. The van der Waals surface area contributed by atoms with Crippen molar-refractivity contribution in [2.45, 2.75) is 25.8 Å². The number of aromatic nitrogens is 1. The summed E-state index contributed by atoms with van der Waals surface area (Å²) in [7, 11) is 0. The second-order valence-corrected chi connectivity index (χ2v) is 4.84. The van der Waals surface area contributed by atoms with Gasteiger partial charge in [0, 0.05) is 37.6 Å². The molecule has 1 aromatic heterocycles. The number of H-pyrrole nitrogens is 1. The van der Waals surface area contributed by atoms with Gasteiger partial charge in [-0.15, -0.1) is 0 Å². The molecule has 5 nitrogen and oxygen atoms in total. The fourth-order valence-electron chi connectivity index (χ4n) is 2.60. The minimum atomic E-state index is -0.243. The lowest BCUT2D eigenvalue weighted by atomic mass is 9.90. The number of aromatic amines is 1. The highest BCUT2D eigenvalue weighted by atomic mass is 16.2. The van der Waals surface area contributed by atoms with Gasteiger partial charge in [-0.3, -0.25) is 9.59 Å². The summed E-state index contributed by atoms with van der Waals surface area (Å²) in [5.74, 6) is 0.175. The number of carbonyl (C=O) groups is 1. The van der Waals surface area contributed by atoms with Crippen molar-refractivity contribution >= 4 is 5.91 Å². The molecule has 0 radical (unpaired) electrons. The number of nitrogens with one attached hydrogen (secondary N) is 1. The van der Waals surface area contributed by atoms with Crippen LogP contribution in [0.4, 0.5) is 0 Å². The van der Waals surface area contributed by atoms with Gasteiger partial charge >= 0.3 is 0 Å². The molecule has 98 valence electrons. The van der Waals surface area contributed by atoms with Crippen molar-refractivity contribution in [3.63, 3.8) is 0 Å². The van der Waals surface area contributed by atoms with E-state index < -0.39 is 0 Å². The maximum Gasteiger partial charge on any atom is 0.259 e. The molecule has 5 heteroatoms. The molecule has 0 aliphatic carbocycles. The SMILES string of the molecule is CC1CCCN(C(=O)c2c[nH]ccc2=O)C1CN. The standard InChI is InChI=1S/C13H19N3O2/c1-9-3-2-6-16(11(9)7-14)13(18)10-8-15-5-4-12(10)17/h4-5,8-9,11H,2-3,6-7,14H2,1H3,(H,15,17). The highest BCUT2D eigenvalue weighted by molar-refractivity contribution is 5.94. The maximum absolute atomic E-state index is 12.4. The van der Waals surface area contributed by atoms with Crippen LogP contribution in [0.25, 0.3) is 0 Å². The van der Waals surface area contributed by atoms with Gasteiger partial charge in [-0.25, -0.2) is 0 Å². The predicted molar refractivity (Wildman–Crippen MR) is 69.3 cm³/mol. The highest BCUT2D eigenvalue weighted by Crippen LogP contribution is 2.23. The minimum Gasteiger partial charge on any atom is -0.367 e. The van der Waals surface area contributed by atoms with Crippen molar-refractivity contribution in [1.82, 2.24) is 9.88 Å². The predicted octanol–water partition coefficient (Wildman–Crippen LogP) is 0.574. The number of hydrogen-bond donors (Lipinski definition) is 2. The Morgan fingerprint density at radius 1 is 1.61 bits per heavy atom. The average Bonchev–Trinajstić information content (AvgIpc) is 2.38. The number of likely N-dealkylation sites (tertiary alicyclic amines) is 1. The molecule has 2 rings (SSSR count). The number of nitrogens with two attached hydrogens (primary N) is 1. The van der Waals surface area contributed by atoms with E-state index in [0.29, 0.717) is 19.0 Å². The Morgan fingerprint density at radius 3 is 3.06 bits per heavy atom. The molecule has 1 amide bonds. The first-order chi connectivity index (χ1) is 8.65. The van der Waals surface area contributed by atoms with Gasteiger partial charge in [-0.05, 0) is 18.8 Å². The first-order valence-electron chi connectivity index (χ1n) is 6.33. The smallest absolute Gasteiger partial charge is 0.259 e. The van der Waals surface area contributed by atoms with Crippen LogP contribution in [0.2, 0.25) is 0 Å². The first kappa shape index (κ1) is 12.8. The summed E-state index contributed by atoms with van der Waals surface area (Å²) in [6.45, 7) is 3.23. The number of piperidine rings is 1. The quantitative estimate of drug-likeness (QED) is 0.804. The van der Waals surface area contributed by atoms with Crippen molar-refractivity contribution < 1.29 is 4.79 Å². The molecule has 1 aromatic rings. The number of carbonyl (C=O) groups excluding carboxylic acids is 1. The Morgan fingerprint density at radius 2 is 2.39 bits per heavy atom. The second-order valence-electron chi connectivity index (χ2n) is 4.84. The average molecular weight is 249 g/mol. The summed E-state index contributed by atoms with van der Waals surface area (Å²) in [6, 6.07) is 1.41. The number of hydrogen-bond acceptors (Lipinski definition) is 3. The molecular formula is C13H19N3O2. The lowest BCUT2D eigenvalue weighted by molar-refractivity contribution is 0.0531. The number of amides is 1. The lowest BCUT2D eigenvalue weighted by Gasteiger charge is -2.39. The molecular weight excluding hydrogens is 230 g/mol. The Kier molecular flexibility index (Phi) is 3.81. The van der Waals surface area contributed by atoms with E-state index in [2.05, 4.69) is 11.9 Å². The van der Waals surface area contributed by atoms with Crippen LogP contribution >= 0.6 is 0 Å². The van der Waals surface area contributed by atoms with Gasteiger partial charge in [-0.1, -0.05) is 6.92 Å². The molecule has 0 saturated carbocycles. The van der Waals surface area contributed by atoms with Gasteiger partial charge in [0.2, 0.25) is 0 Å². The molecule has 0 bridgehead atoms. The zero-order chi connectivity index (χ0) is 13.1. The molecule has 0 aromatic carbocycles. The van der Waals surface area contributed by atoms with Crippen LogP contribution in [-0.2, 0) is 0 Å². The topological polar surface area (TPSA) is 79.2 Å². The normalized spacial score (nSPS) is 24.0. The number of rotatable bonds is 2. The minimum absolute atomic E-state index is 0.0332. The van der Waals surface area contributed by atoms with E-state index in [1.807, 2.05) is 0 Å². The van der Waals surface area contributed by atoms with Crippen LogP contribution in [0.1, 0.15) is 30.1 Å². The van der Waals surface area contributed by atoms with E-state index in [1.165, 1.54) is 18.5 Å².